The topological polar surface area (TPSA) is 70.6 Å². The number of hydrogen-bond donors (Lipinski definition) is 1. The largest absolute Gasteiger partial charge is 0.379 e. The number of hydrogen-bond acceptors (Lipinski definition) is 5. The van der Waals surface area contributed by atoms with Crippen LogP contribution in [0.15, 0.2) is 18.5 Å². The lowest BCUT2D eigenvalue weighted by atomic mass is 9.78. The number of anilines is 1. The number of urea groups is 1. The standard InChI is InChI=1S/C18H29N5O2/c1-2-3-7-21-17(24)22-10-5-18(6-11-22)14-23(12-13-25-15-18)16-19-8-4-9-20-16/h4,8-9H,2-3,5-7,10-15H2,1H3,(H,21,24). The van der Waals surface area contributed by atoms with E-state index in [4.69, 9.17) is 4.74 Å². The molecule has 25 heavy (non-hydrogen) atoms. The number of ether oxygens (including phenoxy) is 1. The molecule has 0 aliphatic carbocycles. The lowest BCUT2D eigenvalue weighted by Gasteiger charge is -2.42. The Hall–Kier alpha value is -1.89. The van der Waals surface area contributed by atoms with Crippen LogP contribution in [0.25, 0.3) is 0 Å². The molecule has 3 rings (SSSR count). The minimum atomic E-state index is 0.0705. The van der Waals surface area contributed by atoms with Crippen LogP contribution in [0.2, 0.25) is 0 Å². The fraction of sp³-hybridized carbons (Fsp3) is 0.722. The molecule has 0 aromatic carbocycles. The van der Waals surface area contributed by atoms with Crippen LogP contribution in [-0.4, -0.2) is 66.8 Å². The molecular formula is C18H29N5O2. The van der Waals surface area contributed by atoms with Gasteiger partial charge in [-0.25, -0.2) is 14.8 Å². The van der Waals surface area contributed by atoms with Crippen molar-refractivity contribution in [3.8, 4) is 0 Å². The van der Waals surface area contributed by atoms with Gasteiger partial charge in [0.15, 0.2) is 0 Å². The molecule has 0 unspecified atom stereocenters. The average molecular weight is 347 g/mol. The van der Waals surface area contributed by atoms with Crippen LogP contribution in [-0.2, 0) is 4.74 Å². The molecule has 0 atom stereocenters. The van der Waals surface area contributed by atoms with Crippen LogP contribution in [0.3, 0.4) is 0 Å². The fourth-order valence-electron chi connectivity index (χ4n) is 3.59. The van der Waals surface area contributed by atoms with Crippen molar-refractivity contribution in [2.24, 2.45) is 5.41 Å². The van der Waals surface area contributed by atoms with Crippen LogP contribution >= 0.6 is 0 Å². The van der Waals surface area contributed by atoms with E-state index in [1.807, 2.05) is 11.0 Å². The monoisotopic (exact) mass is 347 g/mol. The maximum absolute atomic E-state index is 12.3. The number of rotatable bonds is 4. The van der Waals surface area contributed by atoms with E-state index in [0.717, 1.165) is 71.0 Å². The lowest BCUT2D eigenvalue weighted by Crippen LogP contribution is -2.51. The van der Waals surface area contributed by atoms with E-state index in [1.165, 1.54) is 0 Å². The van der Waals surface area contributed by atoms with E-state index >= 15 is 0 Å². The summed E-state index contributed by atoms with van der Waals surface area (Å²) in [6, 6.07) is 1.91. The normalized spacial score (nSPS) is 20.4. The summed E-state index contributed by atoms with van der Waals surface area (Å²) >= 11 is 0. The van der Waals surface area contributed by atoms with Gasteiger partial charge in [-0.15, -0.1) is 0 Å². The Labute approximate surface area is 149 Å². The molecule has 2 aliphatic heterocycles. The molecule has 7 nitrogen and oxygen atoms in total. The molecule has 0 bridgehead atoms. The molecule has 3 heterocycles. The van der Waals surface area contributed by atoms with Gasteiger partial charge in [-0.3, -0.25) is 0 Å². The van der Waals surface area contributed by atoms with Gasteiger partial charge in [0.1, 0.15) is 0 Å². The maximum atomic E-state index is 12.3. The summed E-state index contributed by atoms with van der Waals surface area (Å²) in [6.45, 7) is 7.61. The van der Waals surface area contributed by atoms with E-state index in [0.29, 0.717) is 6.61 Å². The van der Waals surface area contributed by atoms with E-state index in [1.54, 1.807) is 12.4 Å². The summed E-state index contributed by atoms with van der Waals surface area (Å²) in [5, 5.41) is 3.02. The molecule has 2 aliphatic rings. The van der Waals surface area contributed by atoms with Crippen LogP contribution in [0.1, 0.15) is 32.6 Å². The van der Waals surface area contributed by atoms with Crippen molar-refractivity contribution >= 4 is 12.0 Å². The predicted molar refractivity (Wildman–Crippen MR) is 96.6 cm³/mol. The van der Waals surface area contributed by atoms with E-state index < -0.39 is 0 Å². The van der Waals surface area contributed by atoms with E-state index in [9.17, 15) is 4.79 Å². The molecule has 7 heteroatoms. The molecule has 1 N–H and O–H groups in total. The van der Waals surface area contributed by atoms with Gasteiger partial charge >= 0.3 is 6.03 Å². The van der Waals surface area contributed by atoms with Crippen LogP contribution < -0.4 is 10.2 Å². The summed E-state index contributed by atoms with van der Waals surface area (Å²) in [4.78, 5) is 25.2. The molecule has 2 saturated heterocycles. The second kappa shape index (κ2) is 8.47. The van der Waals surface area contributed by atoms with Gasteiger partial charge in [-0.2, -0.15) is 0 Å². The van der Waals surface area contributed by atoms with Gasteiger partial charge in [-0.05, 0) is 25.3 Å². The highest BCUT2D eigenvalue weighted by molar-refractivity contribution is 5.74. The summed E-state index contributed by atoms with van der Waals surface area (Å²) in [5.74, 6) is 0.770. The first kappa shape index (κ1) is 17.9. The number of piperidine rings is 1. The average Bonchev–Trinajstić information content (AvgIpc) is 2.86. The maximum Gasteiger partial charge on any atom is 0.317 e. The summed E-state index contributed by atoms with van der Waals surface area (Å²) < 4.78 is 5.90. The lowest BCUT2D eigenvalue weighted by molar-refractivity contribution is 0.0299. The molecule has 0 radical (unpaired) electrons. The quantitative estimate of drug-likeness (QED) is 0.843. The van der Waals surface area contributed by atoms with Crippen molar-refractivity contribution in [1.82, 2.24) is 20.2 Å². The SMILES string of the molecule is CCCCNC(=O)N1CCC2(CC1)COCCN(c1ncccn1)C2. The zero-order valence-corrected chi connectivity index (χ0v) is 15.1. The summed E-state index contributed by atoms with van der Waals surface area (Å²) in [7, 11) is 0. The first-order valence-corrected chi connectivity index (χ1v) is 9.35. The number of unbranched alkanes of at least 4 members (excludes halogenated alkanes) is 1. The van der Waals surface area contributed by atoms with Gasteiger partial charge in [0.25, 0.3) is 0 Å². The Bertz CT molecular complexity index is 546. The van der Waals surface area contributed by atoms with Crippen molar-refractivity contribution in [2.75, 3.05) is 50.8 Å². The molecule has 1 spiro atoms. The first-order chi connectivity index (χ1) is 12.2. The summed E-state index contributed by atoms with van der Waals surface area (Å²) in [6.07, 6.45) is 7.60. The van der Waals surface area contributed by atoms with Gasteiger partial charge in [0.2, 0.25) is 5.95 Å². The third-order valence-corrected chi connectivity index (χ3v) is 5.19. The van der Waals surface area contributed by atoms with Crippen molar-refractivity contribution < 1.29 is 9.53 Å². The third kappa shape index (κ3) is 4.60. The number of carbonyl (C=O) groups excluding carboxylic acids is 1. The van der Waals surface area contributed by atoms with Gasteiger partial charge < -0.3 is 19.9 Å². The Morgan fingerprint density at radius 2 is 2.04 bits per heavy atom. The minimum absolute atomic E-state index is 0.0705. The number of nitrogens with one attached hydrogen (secondary N) is 1. The summed E-state index contributed by atoms with van der Waals surface area (Å²) in [5.41, 5.74) is 0.0793. The van der Waals surface area contributed by atoms with Gasteiger partial charge in [-0.1, -0.05) is 13.3 Å². The molecule has 1 aromatic rings. The van der Waals surface area contributed by atoms with Gasteiger partial charge in [0, 0.05) is 50.5 Å². The van der Waals surface area contributed by atoms with E-state index in [-0.39, 0.29) is 11.4 Å². The van der Waals surface area contributed by atoms with Crippen molar-refractivity contribution in [2.45, 2.75) is 32.6 Å². The molecule has 138 valence electrons. The Kier molecular flexibility index (Phi) is 6.07. The highest BCUT2D eigenvalue weighted by atomic mass is 16.5. The molecule has 0 saturated carbocycles. The molecule has 2 fully saturated rings. The van der Waals surface area contributed by atoms with E-state index in [2.05, 4.69) is 27.1 Å². The Balaban J connectivity index is 1.58. The minimum Gasteiger partial charge on any atom is -0.379 e. The number of carbonyl (C=O) groups is 1. The fourth-order valence-corrected chi connectivity index (χ4v) is 3.59. The zero-order chi connectivity index (χ0) is 17.5. The van der Waals surface area contributed by atoms with Crippen molar-refractivity contribution in [1.29, 1.82) is 0 Å². The van der Waals surface area contributed by atoms with Crippen LogP contribution in [0.4, 0.5) is 10.7 Å². The van der Waals surface area contributed by atoms with Crippen molar-refractivity contribution in [3.05, 3.63) is 18.5 Å². The predicted octanol–water partition coefficient (Wildman–Crippen LogP) is 1.91. The third-order valence-electron chi connectivity index (χ3n) is 5.19. The molecule has 1 aromatic heterocycles. The number of nitrogens with zero attached hydrogens (tertiary/aromatic N) is 4. The number of amides is 2. The van der Waals surface area contributed by atoms with Crippen molar-refractivity contribution in [3.63, 3.8) is 0 Å². The second-order valence-electron chi connectivity index (χ2n) is 7.10. The second-order valence-corrected chi connectivity index (χ2v) is 7.10. The Morgan fingerprint density at radius 3 is 2.76 bits per heavy atom. The smallest absolute Gasteiger partial charge is 0.317 e. The van der Waals surface area contributed by atoms with Gasteiger partial charge in [0.05, 0.1) is 13.2 Å². The highest BCUT2D eigenvalue weighted by Gasteiger charge is 2.39. The number of likely N-dealkylation sites (tertiary alicyclic amines) is 1. The molecular weight excluding hydrogens is 318 g/mol. The first-order valence-electron chi connectivity index (χ1n) is 9.35. The van der Waals surface area contributed by atoms with Crippen LogP contribution in [0.5, 0.6) is 0 Å². The highest BCUT2D eigenvalue weighted by Crippen LogP contribution is 2.35. The van der Waals surface area contributed by atoms with Crippen LogP contribution in [0, 0.1) is 5.41 Å². The Morgan fingerprint density at radius 1 is 1.28 bits per heavy atom. The number of aromatic nitrogens is 2. The zero-order valence-electron chi connectivity index (χ0n) is 15.1. The molecule has 2 amide bonds.